The maximum atomic E-state index is 12.5. The van der Waals surface area contributed by atoms with Crippen LogP contribution in [0.2, 0.25) is 10.0 Å². The summed E-state index contributed by atoms with van der Waals surface area (Å²) in [6.07, 6.45) is -3.43. The number of imidazole rings is 1. The number of benzene rings is 2. The summed E-state index contributed by atoms with van der Waals surface area (Å²) in [4.78, 5) is 26.4. The van der Waals surface area contributed by atoms with Gasteiger partial charge in [-0.3, -0.25) is 4.57 Å². The Balaban J connectivity index is 0.000000479. The molecular weight excluding hydrogens is 560 g/mol. The van der Waals surface area contributed by atoms with E-state index in [1.54, 1.807) is 6.07 Å². The van der Waals surface area contributed by atoms with Crippen molar-refractivity contribution in [1.29, 1.82) is 0 Å². The van der Waals surface area contributed by atoms with Crippen molar-refractivity contribution in [2.75, 3.05) is 26.2 Å². The summed E-state index contributed by atoms with van der Waals surface area (Å²) in [7, 11) is -3.73. The van der Waals surface area contributed by atoms with Crippen LogP contribution in [0.25, 0.3) is 11.0 Å². The number of piperidine rings is 1. The molecule has 1 fully saturated rings. The first-order chi connectivity index (χ1) is 17.3. The number of alkyl halides is 3. The number of hydrogen-bond donors (Lipinski definition) is 3. The van der Waals surface area contributed by atoms with Crippen molar-refractivity contribution >= 4 is 50.2 Å². The zero-order valence-electron chi connectivity index (χ0n) is 19.1. The summed E-state index contributed by atoms with van der Waals surface area (Å²) in [5.41, 5.74) is 1.69. The third kappa shape index (κ3) is 7.48. The summed E-state index contributed by atoms with van der Waals surface area (Å²) in [5.74, 6) is -2.76. The average molecular weight is 583 g/mol. The van der Waals surface area contributed by atoms with Gasteiger partial charge >= 0.3 is 17.8 Å². The molecule has 0 spiro atoms. The fourth-order valence-corrected chi connectivity index (χ4v) is 5.72. The first-order valence-electron chi connectivity index (χ1n) is 11.0. The maximum Gasteiger partial charge on any atom is 0.490 e. The monoisotopic (exact) mass is 582 g/mol. The highest BCUT2D eigenvalue weighted by molar-refractivity contribution is 7.89. The van der Waals surface area contributed by atoms with Gasteiger partial charge in [0.15, 0.2) is 0 Å². The molecule has 3 aromatic rings. The molecule has 1 aliphatic rings. The molecule has 0 radical (unpaired) electrons. The number of sulfonamides is 1. The second-order valence-corrected chi connectivity index (χ2v) is 10.7. The fourth-order valence-electron chi connectivity index (χ4n) is 3.94. The number of aromatic nitrogens is 2. The second-order valence-electron chi connectivity index (χ2n) is 8.17. The lowest BCUT2D eigenvalue weighted by Crippen LogP contribution is -2.41. The van der Waals surface area contributed by atoms with Crippen LogP contribution in [0.3, 0.4) is 0 Å². The van der Waals surface area contributed by atoms with Crippen LogP contribution in [0, 0.1) is 0 Å². The highest BCUT2D eigenvalue weighted by atomic mass is 35.5. The molecule has 0 atom stereocenters. The molecule has 3 N–H and O–H groups in total. The van der Waals surface area contributed by atoms with Crippen molar-refractivity contribution in [1.82, 2.24) is 19.2 Å². The average Bonchev–Trinajstić information content (AvgIpc) is 3.16. The van der Waals surface area contributed by atoms with Crippen LogP contribution in [0.15, 0.2) is 52.2 Å². The van der Waals surface area contributed by atoms with E-state index < -0.39 is 22.2 Å². The van der Waals surface area contributed by atoms with Gasteiger partial charge < -0.3 is 15.0 Å². The van der Waals surface area contributed by atoms with Crippen LogP contribution in [0.4, 0.5) is 13.2 Å². The zero-order valence-corrected chi connectivity index (χ0v) is 21.5. The van der Waals surface area contributed by atoms with E-state index in [-0.39, 0.29) is 28.2 Å². The Morgan fingerprint density at radius 1 is 1.14 bits per heavy atom. The number of nitrogens with one attached hydrogen (secondary N) is 2. The van der Waals surface area contributed by atoms with Gasteiger partial charge in [-0.1, -0.05) is 35.3 Å². The lowest BCUT2D eigenvalue weighted by Gasteiger charge is -2.32. The SMILES string of the molecule is O=C(O)C(F)(F)F.O=c1[nH]c2ccccc2n1C1CCN(CCNS(=O)(=O)c2cc(Cl)ccc2Cl)CC1. The predicted molar refractivity (Wildman–Crippen MR) is 133 cm³/mol. The molecule has 9 nitrogen and oxygen atoms in total. The molecule has 1 aliphatic heterocycles. The summed E-state index contributed by atoms with van der Waals surface area (Å²) in [6, 6.07) is 12.2. The number of rotatable bonds is 6. The highest BCUT2D eigenvalue weighted by Gasteiger charge is 2.38. The molecule has 2 aromatic carbocycles. The number of carboxylic acid groups (broad SMARTS) is 1. The van der Waals surface area contributed by atoms with Gasteiger partial charge in [-0.15, -0.1) is 0 Å². The Kier molecular flexibility index (Phi) is 9.29. The molecule has 0 bridgehead atoms. The highest BCUT2D eigenvalue weighted by Crippen LogP contribution is 2.26. The van der Waals surface area contributed by atoms with E-state index in [1.807, 2.05) is 28.8 Å². The van der Waals surface area contributed by atoms with E-state index >= 15 is 0 Å². The largest absolute Gasteiger partial charge is 0.490 e. The number of hydrogen-bond acceptors (Lipinski definition) is 5. The van der Waals surface area contributed by atoms with Crippen molar-refractivity contribution in [2.45, 2.75) is 30.0 Å². The van der Waals surface area contributed by atoms with E-state index in [1.165, 1.54) is 12.1 Å². The molecule has 0 unspecified atom stereocenters. The molecule has 4 rings (SSSR count). The van der Waals surface area contributed by atoms with Gasteiger partial charge in [0.25, 0.3) is 0 Å². The van der Waals surface area contributed by atoms with E-state index in [2.05, 4.69) is 14.6 Å². The van der Waals surface area contributed by atoms with Crippen molar-refractivity contribution in [3.8, 4) is 0 Å². The number of para-hydroxylation sites is 2. The van der Waals surface area contributed by atoms with Crippen LogP contribution >= 0.6 is 23.2 Å². The van der Waals surface area contributed by atoms with E-state index in [0.29, 0.717) is 11.6 Å². The minimum atomic E-state index is -5.08. The van der Waals surface area contributed by atoms with Gasteiger partial charge in [0.2, 0.25) is 10.0 Å². The normalized spacial score (nSPS) is 15.4. The molecule has 1 aromatic heterocycles. The number of carbonyl (C=O) groups is 1. The van der Waals surface area contributed by atoms with Gasteiger partial charge in [-0.2, -0.15) is 13.2 Å². The summed E-state index contributed by atoms with van der Waals surface area (Å²) < 4.78 is 61.2. The maximum absolute atomic E-state index is 12.5. The number of halogens is 5. The third-order valence-corrected chi connectivity index (χ3v) is 7.87. The minimum Gasteiger partial charge on any atom is -0.475 e. The van der Waals surface area contributed by atoms with Crippen LogP contribution < -0.4 is 10.4 Å². The Hall–Kier alpha value is -2.58. The number of H-pyrrole nitrogens is 1. The van der Waals surface area contributed by atoms with Crippen LogP contribution in [-0.2, 0) is 14.8 Å². The number of aliphatic carboxylic acids is 1. The van der Waals surface area contributed by atoms with Gasteiger partial charge in [-0.05, 0) is 43.2 Å². The summed E-state index contributed by atoms with van der Waals surface area (Å²) >= 11 is 11.9. The lowest BCUT2D eigenvalue weighted by molar-refractivity contribution is -0.192. The molecule has 0 amide bonds. The smallest absolute Gasteiger partial charge is 0.475 e. The van der Waals surface area contributed by atoms with Crippen LogP contribution in [0.1, 0.15) is 18.9 Å². The molecule has 202 valence electrons. The van der Waals surface area contributed by atoms with E-state index in [9.17, 15) is 26.4 Å². The number of nitrogens with zero attached hydrogens (tertiary/aromatic N) is 2. The van der Waals surface area contributed by atoms with E-state index in [0.717, 1.165) is 37.0 Å². The topological polar surface area (TPSA) is 124 Å². The van der Waals surface area contributed by atoms with Gasteiger partial charge in [0.05, 0.1) is 16.1 Å². The van der Waals surface area contributed by atoms with Crippen LogP contribution in [0.5, 0.6) is 0 Å². The molecule has 37 heavy (non-hydrogen) atoms. The molecule has 2 heterocycles. The van der Waals surface area contributed by atoms with Crippen LogP contribution in [-0.4, -0.2) is 66.3 Å². The fraction of sp³-hybridized carbons (Fsp3) is 0.364. The lowest BCUT2D eigenvalue weighted by atomic mass is 10.0. The van der Waals surface area contributed by atoms with E-state index in [4.69, 9.17) is 33.1 Å². The summed E-state index contributed by atoms with van der Waals surface area (Å²) in [5, 5.41) is 7.58. The Labute approximate surface area is 219 Å². The van der Waals surface area contributed by atoms with Crippen molar-refractivity contribution in [2.24, 2.45) is 0 Å². The van der Waals surface area contributed by atoms with Crippen molar-refractivity contribution in [3.05, 3.63) is 63.0 Å². The standard InChI is InChI=1S/C20H22Cl2N4O3S.C2HF3O2/c21-14-5-6-16(22)19(13-14)30(28,29)23-9-12-25-10-7-15(8-11-25)26-18-4-2-1-3-17(18)24-20(26)27;3-2(4,5)1(6)7/h1-6,13,15,23H,7-12H2,(H,24,27);(H,6,7). The Morgan fingerprint density at radius 2 is 1.76 bits per heavy atom. The number of likely N-dealkylation sites (tertiary alicyclic amines) is 1. The first-order valence-corrected chi connectivity index (χ1v) is 13.2. The predicted octanol–water partition coefficient (Wildman–Crippen LogP) is 3.89. The molecule has 15 heteroatoms. The Morgan fingerprint density at radius 3 is 2.38 bits per heavy atom. The third-order valence-electron chi connectivity index (χ3n) is 5.69. The number of aromatic amines is 1. The molecule has 1 saturated heterocycles. The van der Waals surface area contributed by atoms with Crippen molar-refractivity contribution < 1.29 is 31.5 Å². The molecule has 0 aliphatic carbocycles. The minimum absolute atomic E-state index is 0.0194. The quantitative estimate of drug-likeness (QED) is 0.405. The zero-order chi connectivity index (χ0) is 27.4. The number of carboxylic acids is 1. The summed E-state index contributed by atoms with van der Waals surface area (Å²) in [6.45, 7) is 2.42. The molecular formula is C22H23Cl2F3N4O5S. The molecule has 0 saturated carbocycles. The Bertz CT molecular complexity index is 1420. The first kappa shape index (κ1) is 29.0. The van der Waals surface area contributed by atoms with Crippen molar-refractivity contribution in [3.63, 3.8) is 0 Å². The second kappa shape index (κ2) is 11.9. The number of fused-ring (bicyclic) bond motifs is 1. The van der Waals surface area contributed by atoms with Gasteiger partial charge in [0, 0.05) is 37.2 Å². The van der Waals surface area contributed by atoms with Gasteiger partial charge in [-0.25, -0.2) is 22.7 Å². The van der Waals surface area contributed by atoms with Gasteiger partial charge in [0.1, 0.15) is 4.90 Å².